The Morgan fingerprint density at radius 3 is 2.12 bits per heavy atom. The van der Waals surface area contributed by atoms with E-state index in [4.69, 9.17) is 18.3 Å². The predicted octanol–water partition coefficient (Wildman–Crippen LogP) is 7.19. The Kier molecular flexibility index (Phi) is 14.2. The summed E-state index contributed by atoms with van der Waals surface area (Å²) in [6.07, 6.45) is 5.97. The van der Waals surface area contributed by atoms with Gasteiger partial charge in [0.1, 0.15) is 0 Å². The molecule has 0 saturated carbocycles. The fourth-order valence-corrected chi connectivity index (χ4v) is 4.86. The van der Waals surface area contributed by atoms with Crippen LogP contribution in [0.2, 0.25) is 39.3 Å². The minimum Gasteiger partial charge on any atom is -0.514 e. The van der Waals surface area contributed by atoms with E-state index in [0.717, 1.165) is 24.8 Å². The van der Waals surface area contributed by atoms with E-state index in [1.165, 1.54) is 12.7 Å². The Morgan fingerprint density at radius 2 is 1.66 bits per heavy atom. The van der Waals surface area contributed by atoms with Gasteiger partial charge in [-0.2, -0.15) is 0 Å². The summed E-state index contributed by atoms with van der Waals surface area (Å²) in [6.45, 7) is 21.9. The Hall–Kier alpha value is -1.28. The first-order valence-electron chi connectivity index (χ1n) is 11.9. The molecule has 0 radical (unpaired) electrons. The van der Waals surface area contributed by atoms with Crippen molar-refractivity contribution in [2.45, 2.75) is 105 Å². The molecule has 7 heteroatoms. The highest BCUT2D eigenvalue weighted by molar-refractivity contribution is 6.70. The van der Waals surface area contributed by atoms with E-state index in [0.29, 0.717) is 24.9 Å². The molecule has 0 rings (SSSR count). The summed E-state index contributed by atoms with van der Waals surface area (Å²) >= 11 is 0. The topological polar surface area (TPSA) is 54.0 Å². The lowest BCUT2D eigenvalue weighted by Gasteiger charge is -2.30. The van der Waals surface area contributed by atoms with Crippen molar-refractivity contribution < 1.29 is 23.1 Å². The second-order valence-electron chi connectivity index (χ2n) is 10.6. The fraction of sp³-hybridized carbons (Fsp3) is 0.760. The molecule has 0 aromatic heterocycles. The first kappa shape index (κ1) is 30.7. The van der Waals surface area contributed by atoms with Gasteiger partial charge in [0.15, 0.2) is 8.32 Å². The zero-order chi connectivity index (χ0) is 24.9. The molecular weight excluding hydrogens is 436 g/mol. The Morgan fingerprint density at radius 1 is 1.03 bits per heavy atom. The molecular formula is C25H48O5Si2. The van der Waals surface area contributed by atoms with E-state index in [1.54, 1.807) is 0 Å². The highest BCUT2D eigenvalue weighted by Gasteiger charge is 2.27. The van der Waals surface area contributed by atoms with Gasteiger partial charge in [0.2, 0.25) is 8.32 Å². The van der Waals surface area contributed by atoms with Crippen LogP contribution in [0.5, 0.6) is 0 Å². The third-order valence-electron chi connectivity index (χ3n) is 4.48. The second-order valence-corrected chi connectivity index (χ2v) is 19.5. The van der Waals surface area contributed by atoms with Crippen LogP contribution in [-0.4, -0.2) is 42.4 Å². The summed E-state index contributed by atoms with van der Waals surface area (Å²) in [7, 11) is -2.32. The number of carbonyl (C=O) groups excluding carboxylic acids is 1. The highest BCUT2D eigenvalue weighted by Crippen LogP contribution is 2.27. The number of carbonyl (C=O) groups is 1. The van der Waals surface area contributed by atoms with Gasteiger partial charge in [-0.25, -0.2) is 0 Å². The Labute approximate surface area is 199 Å². The average molecular weight is 485 g/mol. The van der Waals surface area contributed by atoms with Crippen LogP contribution in [0, 0.1) is 5.92 Å². The van der Waals surface area contributed by atoms with Crippen molar-refractivity contribution in [3.05, 3.63) is 28.9 Å². The molecule has 32 heavy (non-hydrogen) atoms. The van der Waals surface area contributed by atoms with Crippen molar-refractivity contribution in [3.63, 3.8) is 0 Å². The lowest BCUT2D eigenvalue weighted by Crippen LogP contribution is -2.34. The average Bonchev–Trinajstić information content (AvgIpc) is 2.61. The van der Waals surface area contributed by atoms with Crippen LogP contribution in [0.15, 0.2) is 28.9 Å². The Bertz CT molecular complexity index is 661. The highest BCUT2D eigenvalue weighted by atomic mass is 28.4. The number of esters is 1. The third kappa shape index (κ3) is 16.4. The Balaban J connectivity index is 6.14. The molecule has 0 aromatic carbocycles. The summed E-state index contributed by atoms with van der Waals surface area (Å²) in [4.78, 5) is 11.9. The van der Waals surface area contributed by atoms with Crippen LogP contribution in [0.1, 0.15) is 59.8 Å². The van der Waals surface area contributed by atoms with E-state index in [9.17, 15) is 4.79 Å². The van der Waals surface area contributed by atoms with Gasteiger partial charge in [-0.15, -0.1) is 0 Å². The van der Waals surface area contributed by atoms with E-state index in [2.05, 4.69) is 71.9 Å². The summed E-state index contributed by atoms with van der Waals surface area (Å²) < 4.78 is 23.5. The first-order chi connectivity index (χ1) is 14.7. The van der Waals surface area contributed by atoms with Gasteiger partial charge in [-0.05, 0) is 97.4 Å². The minimum absolute atomic E-state index is 0.131. The van der Waals surface area contributed by atoms with Crippen molar-refractivity contribution in [3.8, 4) is 0 Å². The third-order valence-corrected chi connectivity index (χ3v) is 6.27. The molecule has 2 atom stereocenters. The standard InChI is InChI=1S/C25H48O5Si2/c1-12-28-25(30-32(9,10)11)19-22(16-17-24(26)27-5)23(29-31(6,7)8)18-21(4)15-13-14-20(2)3/h14,21,23H,12-13,15-18H2,1-11H3/t19?,21-,23+/m0/s1. The van der Waals surface area contributed by atoms with Crippen LogP contribution in [0.25, 0.3) is 0 Å². The van der Waals surface area contributed by atoms with Crippen LogP contribution in [-0.2, 0) is 23.1 Å². The first-order valence-corrected chi connectivity index (χ1v) is 18.7. The van der Waals surface area contributed by atoms with E-state index < -0.39 is 16.6 Å². The second kappa shape index (κ2) is 14.8. The summed E-state index contributed by atoms with van der Waals surface area (Å²) in [5.41, 5.74) is 5.67. The molecule has 0 saturated heterocycles. The summed E-state index contributed by atoms with van der Waals surface area (Å²) in [5, 5.41) is 0. The molecule has 0 aliphatic rings. The number of rotatable bonds is 15. The monoisotopic (exact) mass is 484 g/mol. The summed E-state index contributed by atoms with van der Waals surface area (Å²) in [6, 6.07) is 0. The molecule has 0 amide bonds. The van der Waals surface area contributed by atoms with Gasteiger partial charge in [-0.3, -0.25) is 4.79 Å². The summed E-state index contributed by atoms with van der Waals surface area (Å²) in [5.74, 6) is 0.639. The smallest absolute Gasteiger partial charge is 0.313 e. The van der Waals surface area contributed by atoms with Crippen LogP contribution >= 0.6 is 0 Å². The molecule has 5 nitrogen and oxygen atoms in total. The van der Waals surface area contributed by atoms with Crippen molar-refractivity contribution in [1.29, 1.82) is 0 Å². The van der Waals surface area contributed by atoms with Crippen LogP contribution in [0.4, 0.5) is 0 Å². The normalized spacial score (nSPS) is 13.5. The maximum absolute atomic E-state index is 11.9. The molecule has 0 spiro atoms. The van der Waals surface area contributed by atoms with Crippen LogP contribution in [0.3, 0.4) is 0 Å². The van der Waals surface area contributed by atoms with Crippen molar-refractivity contribution in [2.75, 3.05) is 13.7 Å². The van der Waals surface area contributed by atoms with Crippen molar-refractivity contribution in [1.82, 2.24) is 0 Å². The zero-order valence-corrected chi connectivity index (χ0v) is 24.5. The largest absolute Gasteiger partial charge is 0.514 e. The quantitative estimate of drug-likeness (QED) is 0.0809. The molecule has 0 heterocycles. The van der Waals surface area contributed by atoms with Gasteiger partial charge in [-0.1, -0.05) is 18.6 Å². The molecule has 0 N–H and O–H groups in total. The maximum Gasteiger partial charge on any atom is 0.313 e. The minimum atomic E-state index is -1.89. The van der Waals surface area contributed by atoms with E-state index in [1.807, 2.05) is 6.92 Å². The number of methoxy groups -OCH3 is 1. The number of hydrogen-bond donors (Lipinski definition) is 0. The van der Waals surface area contributed by atoms with Gasteiger partial charge < -0.3 is 18.3 Å². The molecule has 0 fully saturated rings. The molecule has 186 valence electrons. The van der Waals surface area contributed by atoms with Crippen molar-refractivity contribution >= 4 is 22.6 Å². The molecule has 0 aromatic rings. The molecule has 0 unspecified atom stereocenters. The van der Waals surface area contributed by atoms with Gasteiger partial charge >= 0.3 is 11.9 Å². The lowest BCUT2D eigenvalue weighted by molar-refractivity contribution is -0.140. The van der Waals surface area contributed by atoms with Crippen molar-refractivity contribution in [2.24, 2.45) is 5.92 Å². The van der Waals surface area contributed by atoms with E-state index >= 15 is 0 Å². The van der Waals surface area contributed by atoms with E-state index in [-0.39, 0.29) is 18.5 Å². The number of hydrogen-bond acceptors (Lipinski definition) is 5. The fourth-order valence-electron chi connectivity index (χ4n) is 3.10. The zero-order valence-electron chi connectivity index (χ0n) is 22.5. The van der Waals surface area contributed by atoms with Crippen LogP contribution < -0.4 is 0 Å². The van der Waals surface area contributed by atoms with Gasteiger partial charge in [0, 0.05) is 12.0 Å². The molecule has 0 aliphatic heterocycles. The number of allylic oxidation sites excluding steroid dienone is 2. The van der Waals surface area contributed by atoms with Gasteiger partial charge in [0.05, 0.1) is 19.8 Å². The lowest BCUT2D eigenvalue weighted by atomic mass is 9.92. The van der Waals surface area contributed by atoms with Gasteiger partial charge in [0.25, 0.3) is 0 Å². The maximum atomic E-state index is 11.9. The predicted molar refractivity (Wildman–Crippen MR) is 139 cm³/mol. The number of ether oxygens (including phenoxy) is 2. The molecule has 0 bridgehead atoms. The SMILES string of the molecule is CCOC(=C=C(CCC(=O)OC)[C@@H](C[C@@H](C)CCC=C(C)C)O[Si](C)(C)C)O[Si](C)(C)C. The molecule has 0 aliphatic carbocycles.